The lowest BCUT2D eigenvalue weighted by atomic mass is 9.85. The van der Waals surface area contributed by atoms with Gasteiger partial charge in [0.25, 0.3) is 0 Å². The monoisotopic (exact) mass is 497 g/mol. The van der Waals surface area contributed by atoms with Gasteiger partial charge in [0, 0.05) is 42.2 Å². The van der Waals surface area contributed by atoms with Crippen molar-refractivity contribution in [1.82, 2.24) is 24.9 Å². The van der Waals surface area contributed by atoms with Gasteiger partial charge in [-0.1, -0.05) is 0 Å². The zero-order valence-corrected chi connectivity index (χ0v) is 19.0. The Kier molecular flexibility index (Phi) is 6.29. The molecular weight excluding hydrogens is 475 g/mol. The standard InChI is InChI=1S/C25H22F3N5O3/c26-25(27,28)17-10-20-24(31-13-17)33-23(32-20)16-3-7-19(29-12-16)15-4-8-21(30-11-15)36-18-5-1-14(2-6-18)9-22(34)35/h3-4,7-8,10-14,18H,1-2,5-6,9H2,(H,34,35)(H,31,32,33)/t14-,18+. The van der Waals surface area contributed by atoms with E-state index in [0.717, 1.165) is 43.5 Å². The molecule has 4 aromatic rings. The first-order valence-corrected chi connectivity index (χ1v) is 11.5. The van der Waals surface area contributed by atoms with Crippen LogP contribution in [0.15, 0.2) is 48.9 Å². The number of carboxylic acid groups (broad SMARTS) is 1. The number of rotatable bonds is 6. The van der Waals surface area contributed by atoms with Crippen LogP contribution in [0.3, 0.4) is 0 Å². The van der Waals surface area contributed by atoms with Crippen LogP contribution in [0.5, 0.6) is 5.88 Å². The molecule has 5 rings (SSSR count). The van der Waals surface area contributed by atoms with Crippen molar-refractivity contribution in [3.05, 3.63) is 54.5 Å². The number of alkyl halides is 3. The van der Waals surface area contributed by atoms with Gasteiger partial charge in [0.15, 0.2) is 5.65 Å². The summed E-state index contributed by atoms with van der Waals surface area (Å²) in [6.45, 7) is 0. The molecule has 0 amide bonds. The maximum atomic E-state index is 12.9. The molecule has 8 nitrogen and oxygen atoms in total. The Labute approximate surface area is 203 Å². The average Bonchev–Trinajstić information content (AvgIpc) is 3.29. The summed E-state index contributed by atoms with van der Waals surface area (Å²) >= 11 is 0. The maximum absolute atomic E-state index is 12.9. The van der Waals surface area contributed by atoms with Gasteiger partial charge in [-0.15, -0.1) is 0 Å². The summed E-state index contributed by atoms with van der Waals surface area (Å²) in [4.78, 5) is 30.6. The number of hydrogen-bond acceptors (Lipinski definition) is 6. The summed E-state index contributed by atoms with van der Waals surface area (Å²) in [5.41, 5.74) is 1.60. The van der Waals surface area contributed by atoms with Crippen molar-refractivity contribution in [2.24, 2.45) is 5.92 Å². The number of fused-ring (bicyclic) bond motifs is 1. The SMILES string of the molecule is O=C(O)C[C@H]1CC[C@@H](Oc2ccc(-c3ccc(-c4nc5ncc(C(F)(F)F)cc5[nH]4)cn3)cn2)CC1. The van der Waals surface area contributed by atoms with Gasteiger partial charge in [0.05, 0.1) is 16.8 Å². The van der Waals surface area contributed by atoms with Gasteiger partial charge < -0.3 is 14.8 Å². The summed E-state index contributed by atoms with van der Waals surface area (Å²) in [6.07, 6.45) is 3.03. The lowest BCUT2D eigenvalue weighted by Crippen LogP contribution is -2.25. The molecule has 1 fully saturated rings. The molecule has 4 aromatic heterocycles. The molecule has 0 spiro atoms. The molecule has 0 bridgehead atoms. The van der Waals surface area contributed by atoms with Gasteiger partial charge in [-0.25, -0.2) is 15.0 Å². The average molecular weight is 497 g/mol. The second-order valence-corrected chi connectivity index (χ2v) is 8.85. The Bertz CT molecular complexity index is 1360. The van der Waals surface area contributed by atoms with Crippen molar-refractivity contribution in [1.29, 1.82) is 0 Å². The van der Waals surface area contributed by atoms with E-state index in [-0.39, 0.29) is 29.6 Å². The number of aromatic nitrogens is 5. The highest BCUT2D eigenvalue weighted by Crippen LogP contribution is 2.32. The Morgan fingerprint density at radius 1 is 1.00 bits per heavy atom. The summed E-state index contributed by atoms with van der Waals surface area (Å²) < 4.78 is 44.8. The highest BCUT2D eigenvalue weighted by atomic mass is 19.4. The van der Waals surface area contributed by atoms with Crippen molar-refractivity contribution in [2.75, 3.05) is 0 Å². The van der Waals surface area contributed by atoms with Crippen LogP contribution in [0, 0.1) is 5.92 Å². The lowest BCUT2D eigenvalue weighted by molar-refractivity contribution is -0.139. The first-order valence-electron chi connectivity index (χ1n) is 11.5. The van der Waals surface area contributed by atoms with E-state index in [4.69, 9.17) is 9.84 Å². The van der Waals surface area contributed by atoms with Crippen LogP contribution in [0.2, 0.25) is 0 Å². The van der Waals surface area contributed by atoms with Crippen molar-refractivity contribution in [2.45, 2.75) is 44.4 Å². The molecule has 2 N–H and O–H groups in total. The number of aliphatic carboxylic acids is 1. The van der Waals surface area contributed by atoms with Gasteiger partial charge in [0.1, 0.15) is 11.9 Å². The van der Waals surface area contributed by atoms with E-state index in [1.807, 2.05) is 6.07 Å². The minimum absolute atomic E-state index is 0.0244. The smallest absolute Gasteiger partial charge is 0.417 e. The molecule has 0 saturated heterocycles. The predicted octanol–water partition coefficient (Wildman–Crippen LogP) is 5.51. The number of nitrogens with one attached hydrogen (secondary N) is 1. The zero-order chi connectivity index (χ0) is 25.3. The summed E-state index contributed by atoms with van der Waals surface area (Å²) in [6, 6.07) is 8.16. The molecule has 4 heterocycles. The third kappa shape index (κ3) is 5.29. The normalized spacial score (nSPS) is 18.3. The van der Waals surface area contributed by atoms with E-state index in [0.29, 0.717) is 23.0 Å². The van der Waals surface area contributed by atoms with Crippen molar-refractivity contribution >= 4 is 17.1 Å². The second kappa shape index (κ2) is 9.56. The number of ether oxygens (including phenoxy) is 1. The van der Waals surface area contributed by atoms with E-state index in [1.54, 1.807) is 30.6 Å². The van der Waals surface area contributed by atoms with Crippen molar-refractivity contribution in [3.8, 4) is 28.5 Å². The van der Waals surface area contributed by atoms with E-state index in [2.05, 4.69) is 24.9 Å². The Balaban J connectivity index is 1.23. The van der Waals surface area contributed by atoms with Crippen molar-refractivity contribution < 1.29 is 27.8 Å². The third-order valence-electron chi connectivity index (χ3n) is 6.28. The van der Waals surface area contributed by atoms with Crippen LogP contribution in [0.25, 0.3) is 33.8 Å². The molecule has 11 heteroatoms. The second-order valence-electron chi connectivity index (χ2n) is 8.85. The van der Waals surface area contributed by atoms with E-state index in [9.17, 15) is 18.0 Å². The van der Waals surface area contributed by atoms with Crippen LogP contribution in [0.4, 0.5) is 13.2 Å². The summed E-state index contributed by atoms with van der Waals surface area (Å²) in [5.74, 6) is 0.327. The third-order valence-corrected chi connectivity index (χ3v) is 6.28. The Morgan fingerprint density at radius 3 is 2.39 bits per heavy atom. The van der Waals surface area contributed by atoms with Crippen LogP contribution in [-0.2, 0) is 11.0 Å². The number of nitrogens with zero attached hydrogens (tertiary/aromatic N) is 4. The highest BCUT2D eigenvalue weighted by molar-refractivity contribution is 5.76. The molecule has 1 saturated carbocycles. The maximum Gasteiger partial charge on any atom is 0.417 e. The minimum atomic E-state index is -4.48. The summed E-state index contributed by atoms with van der Waals surface area (Å²) in [5, 5.41) is 8.94. The number of pyridine rings is 3. The molecular formula is C25H22F3N5O3. The molecule has 36 heavy (non-hydrogen) atoms. The van der Waals surface area contributed by atoms with E-state index >= 15 is 0 Å². The fraction of sp³-hybridized carbons (Fsp3) is 0.320. The number of H-pyrrole nitrogens is 1. The minimum Gasteiger partial charge on any atom is -0.481 e. The number of carbonyl (C=O) groups is 1. The lowest BCUT2D eigenvalue weighted by Gasteiger charge is -2.27. The van der Waals surface area contributed by atoms with Gasteiger partial charge in [-0.3, -0.25) is 9.78 Å². The number of imidazole rings is 1. The Hall–Kier alpha value is -4.02. The van der Waals surface area contributed by atoms with Gasteiger partial charge in [-0.2, -0.15) is 13.2 Å². The molecule has 1 aliphatic carbocycles. The van der Waals surface area contributed by atoms with Crippen LogP contribution >= 0.6 is 0 Å². The quantitative estimate of drug-likeness (QED) is 0.361. The first kappa shape index (κ1) is 23.7. The number of hydrogen-bond donors (Lipinski definition) is 2. The fourth-order valence-electron chi connectivity index (χ4n) is 4.37. The van der Waals surface area contributed by atoms with Gasteiger partial charge >= 0.3 is 12.1 Å². The van der Waals surface area contributed by atoms with Crippen LogP contribution in [0.1, 0.15) is 37.7 Å². The highest BCUT2D eigenvalue weighted by Gasteiger charge is 2.31. The summed E-state index contributed by atoms with van der Waals surface area (Å²) in [7, 11) is 0. The largest absolute Gasteiger partial charge is 0.481 e. The van der Waals surface area contributed by atoms with Gasteiger partial charge in [0.2, 0.25) is 5.88 Å². The number of halogens is 3. The molecule has 0 atom stereocenters. The molecule has 0 aromatic carbocycles. The van der Waals surface area contributed by atoms with Crippen LogP contribution in [-0.4, -0.2) is 42.1 Å². The van der Waals surface area contributed by atoms with E-state index in [1.165, 1.54) is 0 Å². The number of carboxylic acids is 1. The Morgan fingerprint density at radius 2 is 1.75 bits per heavy atom. The van der Waals surface area contributed by atoms with Crippen LogP contribution < -0.4 is 4.74 Å². The van der Waals surface area contributed by atoms with E-state index < -0.39 is 17.7 Å². The molecule has 186 valence electrons. The molecule has 0 aliphatic heterocycles. The fourth-order valence-corrected chi connectivity index (χ4v) is 4.37. The van der Waals surface area contributed by atoms with Crippen molar-refractivity contribution in [3.63, 3.8) is 0 Å². The first-order chi connectivity index (χ1) is 17.2. The topological polar surface area (TPSA) is 114 Å². The predicted molar refractivity (Wildman–Crippen MR) is 124 cm³/mol. The molecule has 0 unspecified atom stereocenters. The molecule has 0 radical (unpaired) electrons. The number of aromatic amines is 1. The van der Waals surface area contributed by atoms with Gasteiger partial charge in [-0.05, 0) is 55.9 Å². The zero-order valence-electron chi connectivity index (χ0n) is 19.0. The molecule has 1 aliphatic rings.